The van der Waals surface area contributed by atoms with Gasteiger partial charge in [0.05, 0.1) is 20.7 Å². The van der Waals surface area contributed by atoms with Gasteiger partial charge in [-0.25, -0.2) is 4.99 Å². The van der Waals surface area contributed by atoms with Crippen LogP contribution in [0.3, 0.4) is 0 Å². The van der Waals surface area contributed by atoms with Crippen LogP contribution in [-0.2, 0) is 4.79 Å². The first-order chi connectivity index (χ1) is 19.8. The van der Waals surface area contributed by atoms with E-state index in [1.165, 1.54) is 22.0 Å². The van der Waals surface area contributed by atoms with Gasteiger partial charge in [0.2, 0.25) is 5.82 Å². The molecular formula is C29H19FN4O5S2. The van der Waals surface area contributed by atoms with E-state index in [1.54, 1.807) is 37.3 Å². The summed E-state index contributed by atoms with van der Waals surface area (Å²) in [6.07, 6.45) is 1.56. The monoisotopic (exact) mass is 586 g/mol. The van der Waals surface area contributed by atoms with E-state index in [1.807, 2.05) is 35.7 Å². The molecule has 1 N–H and O–H groups in total. The maximum absolute atomic E-state index is 13.8. The smallest absolute Gasteiger partial charge is 0.305 e. The molecule has 1 amide bonds. The van der Waals surface area contributed by atoms with Crippen LogP contribution in [0.25, 0.3) is 17.4 Å². The van der Waals surface area contributed by atoms with Gasteiger partial charge in [-0.05, 0) is 54.8 Å². The van der Waals surface area contributed by atoms with E-state index in [0.717, 1.165) is 28.3 Å². The maximum atomic E-state index is 13.8. The number of carbonyl (C=O) groups is 1. The minimum Gasteiger partial charge on any atom is -0.457 e. The Bertz CT molecular complexity index is 2020. The molecule has 0 unspecified atom stereocenters. The van der Waals surface area contributed by atoms with Gasteiger partial charge in [-0.1, -0.05) is 35.6 Å². The number of rotatable bonds is 6. The number of nitro groups is 1. The number of hydrogen-bond donors (Lipinski definition) is 1. The van der Waals surface area contributed by atoms with Gasteiger partial charge in [0.1, 0.15) is 17.6 Å². The van der Waals surface area contributed by atoms with Crippen LogP contribution in [-0.4, -0.2) is 15.4 Å². The molecule has 1 aliphatic heterocycles. The van der Waals surface area contributed by atoms with E-state index in [9.17, 15) is 24.1 Å². The lowest BCUT2D eigenvalue weighted by Crippen LogP contribution is -2.40. The number of furan rings is 1. The molecule has 6 rings (SSSR count). The number of anilines is 1. The number of benzene rings is 2. The van der Waals surface area contributed by atoms with Crippen molar-refractivity contribution in [2.24, 2.45) is 4.99 Å². The fourth-order valence-corrected chi connectivity index (χ4v) is 6.42. The number of fused-ring (bicyclic) bond motifs is 1. The van der Waals surface area contributed by atoms with E-state index in [2.05, 4.69) is 10.3 Å². The van der Waals surface area contributed by atoms with Gasteiger partial charge in [0, 0.05) is 28.3 Å². The highest BCUT2D eigenvalue weighted by Crippen LogP contribution is 2.33. The Balaban J connectivity index is 1.41. The van der Waals surface area contributed by atoms with Crippen LogP contribution in [0.1, 0.15) is 23.6 Å². The summed E-state index contributed by atoms with van der Waals surface area (Å²) in [5.41, 5.74) is 0.808. The summed E-state index contributed by atoms with van der Waals surface area (Å²) in [6, 6.07) is 18.8. The molecule has 0 bridgehead atoms. The molecule has 12 heteroatoms. The van der Waals surface area contributed by atoms with Crippen molar-refractivity contribution >= 4 is 46.0 Å². The second kappa shape index (κ2) is 10.6. The van der Waals surface area contributed by atoms with Gasteiger partial charge in [-0.2, -0.15) is 4.39 Å². The summed E-state index contributed by atoms with van der Waals surface area (Å²) in [4.78, 5) is 43.5. The fourth-order valence-electron chi connectivity index (χ4n) is 4.57. The van der Waals surface area contributed by atoms with Crippen LogP contribution in [0.4, 0.5) is 15.8 Å². The molecule has 4 heterocycles. The standard InChI is InChI=1S/C29H19FN4O5S2/c1-16-25(27(35)32-18-6-3-2-4-7-18)26(23-8-5-13-40-23)33-28(36)24(41-29(33)31-16)15-19-10-12-22(39-19)17-9-11-20(30)21(14-17)34(37)38/h2-15,26H,1H3,(H,32,35)/b24-15-/t26-/m1/s1. The van der Waals surface area contributed by atoms with Crippen molar-refractivity contribution in [2.45, 2.75) is 13.0 Å². The van der Waals surface area contributed by atoms with E-state index in [-0.39, 0.29) is 17.2 Å². The molecule has 204 valence electrons. The Hall–Kier alpha value is -4.94. The summed E-state index contributed by atoms with van der Waals surface area (Å²) in [5.74, 6) is -0.699. The molecule has 3 aromatic heterocycles. The number of amides is 1. The number of thiazole rings is 1. The molecule has 9 nitrogen and oxygen atoms in total. The highest BCUT2D eigenvalue weighted by atomic mass is 32.1. The second-order valence-corrected chi connectivity index (χ2v) is 11.0. The summed E-state index contributed by atoms with van der Waals surface area (Å²) in [6.45, 7) is 1.75. The number of carbonyl (C=O) groups excluding carboxylic acids is 1. The predicted octanol–water partition coefficient (Wildman–Crippen LogP) is 5.24. The van der Waals surface area contributed by atoms with Gasteiger partial charge < -0.3 is 9.73 Å². The summed E-state index contributed by atoms with van der Waals surface area (Å²) in [5, 5.41) is 15.9. The zero-order chi connectivity index (χ0) is 28.7. The van der Waals surface area contributed by atoms with Crippen LogP contribution < -0.4 is 20.2 Å². The van der Waals surface area contributed by atoms with E-state index in [0.29, 0.717) is 37.6 Å². The van der Waals surface area contributed by atoms with Crippen molar-refractivity contribution in [1.82, 2.24) is 4.57 Å². The molecule has 5 aromatic rings. The molecule has 0 aliphatic carbocycles. The normalized spacial score (nSPS) is 15.0. The number of hydrogen-bond acceptors (Lipinski definition) is 8. The Morgan fingerprint density at radius 2 is 1.95 bits per heavy atom. The highest BCUT2D eigenvalue weighted by Gasteiger charge is 2.33. The molecular weight excluding hydrogens is 567 g/mol. The largest absolute Gasteiger partial charge is 0.457 e. The van der Waals surface area contributed by atoms with Crippen molar-refractivity contribution in [3.8, 4) is 11.3 Å². The van der Waals surface area contributed by atoms with Gasteiger partial charge in [-0.15, -0.1) is 11.3 Å². The third-order valence-corrected chi connectivity index (χ3v) is 8.35. The van der Waals surface area contributed by atoms with Gasteiger partial charge in [-0.3, -0.25) is 24.3 Å². The number of nitrogens with zero attached hydrogens (tertiary/aromatic N) is 3. The lowest BCUT2D eigenvalue weighted by molar-refractivity contribution is -0.387. The molecule has 2 aromatic carbocycles. The Kier molecular flexibility index (Phi) is 6.77. The van der Waals surface area contributed by atoms with E-state index < -0.39 is 22.5 Å². The van der Waals surface area contributed by atoms with Crippen LogP contribution in [0.5, 0.6) is 0 Å². The zero-order valence-corrected chi connectivity index (χ0v) is 22.9. The number of halogens is 1. The summed E-state index contributed by atoms with van der Waals surface area (Å²) >= 11 is 2.60. The number of nitrogens with one attached hydrogen (secondary N) is 1. The number of nitro benzene ring substituents is 1. The quantitative estimate of drug-likeness (QED) is 0.216. The SMILES string of the molecule is CC1=C(C(=O)Nc2ccccc2)[C@@H](c2cccs2)n2c(s/c(=C\c3ccc(-c4ccc(F)c([N+](=O)[O-])c4)o3)c2=O)=N1. The third-order valence-electron chi connectivity index (χ3n) is 6.44. The molecule has 41 heavy (non-hydrogen) atoms. The van der Waals surface area contributed by atoms with Crippen LogP contribution >= 0.6 is 22.7 Å². The molecule has 1 atom stereocenters. The molecule has 0 saturated heterocycles. The fraction of sp³-hybridized carbons (Fsp3) is 0.0690. The van der Waals surface area contributed by atoms with Crippen molar-refractivity contribution in [3.05, 3.63) is 136 Å². The average Bonchev–Trinajstić information content (AvgIpc) is 3.71. The second-order valence-electron chi connectivity index (χ2n) is 9.04. The number of para-hydroxylation sites is 1. The lowest BCUT2D eigenvalue weighted by Gasteiger charge is -2.24. The van der Waals surface area contributed by atoms with Crippen molar-refractivity contribution in [2.75, 3.05) is 5.32 Å². The van der Waals surface area contributed by atoms with E-state index in [4.69, 9.17) is 4.42 Å². The first kappa shape index (κ1) is 26.3. The summed E-state index contributed by atoms with van der Waals surface area (Å²) < 4.78 is 21.5. The molecule has 0 spiro atoms. The first-order valence-electron chi connectivity index (χ1n) is 12.3. The Labute approximate surface area is 239 Å². The van der Waals surface area contributed by atoms with Gasteiger partial charge in [0.25, 0.3) is 11.5 Å². The topological polar surface area (TPSA) is 120 Å². The molecule has 0 fully saturated rings. The van der Waals surface area contributed by atoms with Crippen LogP contribution in [0.2, 0.25) is 0 Å². The Morgan fingerprint density at radius 3 is 2.68 bits per heavy atom. The first-order valence-corrected chi connectivity index (χ1v) is 14.0. The molecule has 0 radical (unpaired) electrons. The van der Waals surface area contributed by atoms with Crippen LogP contribution in [0.15, 0.2) is 104 Å². The number of aromatic nitrogens is 1. The average molecular weight is 587 g/mol. The predicted molar refractivity (Wildman–Crippen MR) is 154 cm³/mol. The highest BCUT2D eigenvalue weighted by molar-refractivity contribution is 7.10. The van der Waals surface area contributed by atoms with E-state index >= 15 is 0 Å². The lowest BCUT2D eigenvalue weighted by atomic mass is 10.0. The van der Waals surface area contributed by atoms with Crippen molar-refractivity contribution in [1.29, 1.82) is 0 Å². The summed E-state index contributed by atoms with van der Waals surface area (Å²) in [7, 11) is 0. The van der Waals surface area contributed by atoms with Crippen molar-refractivity contribution < 1.29 is 18.5 Å². The molecule has 1 aliphatic rings. The molecule has 0 saturated carbocycles. The third kappa shape index (κ3) is 4.94. The Morgan fingerprint density at radius 1 is 1.15 bits per heavy atom. The van der Waals surface area contributed by atoms with Gasteiger partial charge >= 0.3 is 5.69 Å². The van der Waals surface area contributed by atoms with Gasteiger partial charge in [0.15, 0.2) is 4.80 Å². The minimum atomic E-state index is -0.945. The minimum absolute atomic E-state index is 0.277. The number of thiophene rings is 1. The van der Waals surface area contributed by atoms with Crippen LogP contribution in [0, 0.1) is 15.9 Å². The maximum Gasteiger partial charge on any atom is 0.305 e. The van der Waals surface area contributed by atoms with Crippen molar-refractivity contribution in [3.63, 3.8) is 0 Å². The zero-order valence-electron chi connectivity index (χ0n) is 21.2. The number of allylic oxidation sites excluding steroid dienone is 1.